The Morgan fingerprint density at radius 1 is 1.03 bits per heavy atom. The molecule has 1 aliphatic carbocycles. The van der Waals surface area contributed by atoms with Crippen molar-refractivity contribution in [1.29, 1.82) is 0 Å². The van der Waals surface area contributed by atoms with E-state index in [-0.39, 0.29) is 29.7 Å². The van der Waals surface area contributed by atoms with Gasteiger partial charge in [0.15, 0.2) is 0 Å². The van der Waals surface area contributed by atoms with E-state index in [9.17, 15) is 14.0 Å². The summed E-state index contributed by atoms with van der Waals surface area (Å²) in [6, 6.07) is 10.0. The fraction of sp³-hybridized carbons (Fsp3) is 0.538. The van der Waals surface area contributed by atoms with Gasteiger partial charge < -0.3 is 9.73 Å². The molecule has 3 heterocycles. The minimum absolute atomic E-state index is 0.00475. The maximum atomic E-state index is 13.9. The maximum absolute atomic E-state index is 13.9. The molecule has 0 unspecified atom stereocenters. The number of furan rings is 1. The Bertz CT molecular complexity index is 1010. The summed E-state index contributed by atoms with van der Waals surface area (Å²) in [6.07, 6.45) is 5.88. The zero-order valence-electron chi connectivity index (χ0n) is 19.2. The average Bonchev–Trinajstić information content (AvgIpc) is 3.52. The molecule has 0 radical (unpaired) electrons. The fourth-order valence-electron chi connectivity index (χ4n) is 5.95. The topological polar surface area (TPSA) is 65.8 Å². The number of imide groups is 1. The number of rotatable bonds is 6. The van der Waals surface area contributed by atoms with Gasteiger partial charge in [-0.1, -0.05) is 25.0 Å². The molecule has 2 saturated heterocycles. The maximum Gasteiger partial charge on any atom is 0.325 e. The second-order valence-electron chi connectivity index (χ2n) is 9.88. The number of carbonyl (C=O) groups excluding carboxylic acids is 2. The monoisotopic (exact) mass is 453 g/mol. The van der Waals surface area contributed by atoms with Crippen LogP contribution in [-0.4, -0.2) is 46.4 Å². The van der Waals surface area contributed by atoms with Crippen molar-refractivity contribution < 1.29 is 18.4 Å². The van der Waals surface area contributed by atoms with Gasteiger partial charge in [0.05, 0.1) is 6.54 Å². The number of hydrogen-bond donors (Lipinski definition) is 1. The third-order valence-corrected chi connectivity index (χ3v) is 7.70. The lowest BCUT2D eigenvalue weighted by Gasteiger charge is -2.41. The normalized spacial score (nSPS) is 25.2. The molecule has 33 heavy (non-hydrogen) atoms. The number of carbonyl (C=O) groups is 2. The number of piperidine rings is 1. The Kier molecular flexibility index (Phi) is 5.99. The Morgan fingerprint density at radius 2 is 1.73 bits per heavy atom. The van der Waals surface area contributed by atoms with Crippen LogP contribution in [0.4, 0.5) is 9.18 Å². The van der Waals surface area contributed by atoms with Crippen LogP contribution in [0.5, 0.6) is 0 Å². The molecule has 2 aromatic rings. The lowest BCUT2D eigenvalue weighted by molar-refractivity contribution is -0.135. The molecule has 3 amide bonds. The molecule has 5 rings (SSSR count). The van der Waals surface area contributed by atoms with E-state index < -0.39 is 5.54 Å². The second kappa shape index (κ2) is 8.93. The van der Waals surface area contributed by atoms with Crippen molar-refractivity contribution in [2.24, 2.45) is 5.92 Å². The van der Waals surface area contributed by atoms with Gasteiger partial charge >= 0.3 is 6.03 Å². The largest absolute Gasteiger partial charge is 0.465 e. The van der Waals surface area contributed by atoms with E-state index in [1.54, 1.807) is 12.1 Å². The highest BCUT2D eigenvalue weighted by atomic mass is 19.1. The molecule has 3 aliphatic rings. The smallest absolute Gasteiger partial charge is 0.325 e. The van der Waals surface area contributed by atoms with Gasteiger partial charge in [-0.3, -0.25) is 14.6 Å². The van der Waals surface area contributed by atoms with E-state index in [1.807, 2.05) is 19.1 Å². The number of hydrogen-bond acceptors (Lipinski definition) is 4. The molecule has 1 aromatic carbocycles. The average molecular weight is 454 g/mol. The van der Waals surface area contributed by atoms with Crippen molar-refractivity contribution in [2.75, 3.05) is 13.1 Å². The van der Waals surface area contributed by atoms with Crippen LogP contribution in [0.1, 0.15) is 55.6 Å². The number of likely N-dealkylation sites (tertiary alicyclic amines) is 1. The van der Waals surface area contributed by atoms with E-state index in [1.165, 1.54) is 17.0 Å². The fourth-order valence-corrected chi connectivity index (χ4v) is 5.95. The summed E-state index contributed by atoms with van der Waals surface area (Å²) < 4.78 is 19.3. The first kappa shape index (κ1) is 22.1. The van der Waals surface area contributed by atoms with Crippen LogP contribution >= 0.6 is 0 Å². The van der Waals surface area contributed by atoms with Gasteiger partial charge in [0.25, 0.3) is 5.91 Å². The summed E-state index contributed by atoms with van der Waals surface area (Å²) in [5.74, 6) is 1.49. The molecular formula is C26H32FN3O3. The Hall–Kier alpha value is -2.67. The van der Waals surface area contributed by atoms with Crippen molar-refractivity contribution >= 4 is 11.9 Å². The van der Waals surface area contributed by atoms with E-state index in [2.05, 4.69) is 10.2 Å². The molecule has 1 atom stereocenters. The summed E-state index contributed by atoms with van der Waals surface area (Å²) in [7, 11) is 0. The minimum atomic E-state index is -0.967. The Balaban J connectivity index is 1.37. The van der Waals surface area contributed by atoms with Crippen LogP contribution in [0.15, 0.2) is 40.8 Å². The number of urea groups is 1. The molecule has 1 aromatic heterocycles. The second-order valence-corrected chi connectivity index (χ2v) is 9.88. The van der Waals surface area contributed by atoms with Crippen LogP contribution in [0.2, 0.25) is 0 Å². The SMILES string of the molecule is Cc1ccc(CN2CCC([C@@]3(Cc4ccc(F)cc4)NC(=O)N(C4CCCC4)C3=O)CC2)o1. The van der Waals surface area contributed by atoms with Crippen LogP contribution in [0.3, 0.4) is 0 Å². The zero-order valence-corrected chi connectivity index (χ0v) is 19.2. The highest BCUT2D eigenvalue weighted by molar-refractivity contribution is 6.07. The molecule has 1 N–H and O–H groups in total. The zero-order chi connectivity index (χ0) is 23.0. The van der Waals surface area contributed by atoms with Gasteiger partial charge in [-0.2, -0.15) is 0 Å². The lowest BCUT2D eigenvalue weighted by atomic mass is 9.73. The first-order valence-corrected chi connectivity index (χ1v) is 12.1. The lowest BCUT2D eigenvalue weighted by Crippen LogP contribution is -2.57. The highest BCUT2D eigenvalue weighted by Gasteiger charge is 2.57. The van der Waals surface area contributed by atoms with Gasteiger partial charge in [-0.25, -0.2) is 9.18 Å². The van der Waals surface area contributed by atoms with Crippen LogP contribution in [0.25, 0.3) is 0 Å². The van der Waals surface area contributed by atoms with E-state index >= 15 is 0 Å². The van der Waals surface area contributed by atoms with Gasteiger partial charge in [0.2, 0.25) is 0 Å². The highest BCUT2D eigenvalue weighted by Crippen LogP contribution is 2.39. The number of benzene rings is 1. The predicted molar refractivity (Wildman–Crippen MR) is 122 cm³/mol. The molecule has 2 aliphatic heterocycles. The summed E-state index contributed by atoms with van der Waals surface area (Å²) >= 11 is 0. The van der Waals surface area contributed by atoms with Crippen LogP contribution in [-0.2, 0) is 17.8 Å². The number of nitrogens with zero attached hydrogens (tertiary/aromatic N) is 2. The van der Waals surface area contributed by atoms with Gasteiger partial charge in [-0.15, -0.1) is 0 Å². The van der Waals surface area contributed by atoms with Crippen molar-refractivity contribution in [3.05, 3.63) is 59.3 Å². The van der Waals surface area contributed by atoms with Gasteiger partial charge in [-0.05, 0) is 81.4 Å². The molecule has 7 heteroatoms. The summed E-state index contributed by atoms with van der Waals surface area (Å²) in [4.78, 5) is 30.9. The van der Waals surface area contributed by atoms with E-state index in [4.69, 9.17) is 4.42 Å². The molecule has 6 nitrogen and oxygen atoms in total. The summed E-state index contributed by atoms with van der Waals surface area (Å²) in [6.45, 7) is 4.36. The first-order valence-electron chi connectivity index (χ1n) is 12.1. The number of halogens is 1. The van der Waals surface area contributed by atoms with Crippen LogP contribution in [0, 0.1) is 18.7 Å². The molecule has 0 bridgehead atoms. The van der Waals surface area contributed by atoms with Crippen molar-refractivity contribution in [2.45, 2.75) is 70.0 Å². The number of amides is 3. The van der Waals surface area contributed by atoms with E-state index in [0.717, 1.165) is 75.2 Å². The molecule has 0 spiro atoms. The molecule has 3 fully saturated rings. The molecule has 1 saturated carbocycles. The van der Waals surface area contributed by atoms with Gasteiger partial charge in [0.1, 0.15) is 22.9 Å². The number of aryl methyl sites for hydroxylation is 1. The third-order valence-electron chi connectivity index (χ3n) is 7.70. The van der Waals surface area contributed by atoms with Crippen molar-refractivity contribution in [3.63, 3.8) is 0 Å². The Morgan fingerprint density at radius 3 is 2.36 bits per heavy atom. The minimum Gasteiger partial charge on any atom is -0.465 e. The summed E-state index contributed by atoms with van der Waals surface area (Å²) in [5.41, 5.74) is -0.1000. The van der Waals surface area contributed by atoms with Crippen molar-refractivity contribution in [1.82, 2.24) is 15.1 Å². The quantitative estimate of drug-likeness (QED) is 0.658. The van der Waals surface area contributed by atoms with E-state index in [0.29, 0.717) is 6.42 Å². The Labute approximate surface area is 194 Å². The third kappa shape index (κ3) is 4.31. The molecular weight excluding hydrogens is 421 g/mol. The predicted octanol–water partition coefficient (Wildman–Crippen LogP) is 4.42. The van der Waals surface area contributed by atoms with Crippen molar-refractivity contribution in [3.8, 4) is 0 Å². The summed E-state index contributed by atoms with van der Waals surface area (Å²) in [5, 5.41) is 3.15. The first-order chi connectivity index (χ1) is 15.9. The molecule has 176 valence electrons. The standard InChI is InChI=1S/C26H32FN3O3/c1-18-6-11-23(33-18)17-29-14-12-20(13-15-29)26(16-19-7-9-21(27)10-8-19)24(31)30(25(32)28-26)22-4-2-3-5-22/h6-11,20,22H,2-5,12-17H2,1H3,(H,28,32)/t26-/m1/s1. The van der Waals surface area contributed by atoms with Gasteiger partial charge in [0, 0.05) is 12.5 Å². The van der Waals surface area contributed by atoms with Crippen LogP contribution < -0.4 is 5.32 Å². The number of nitrogens with one attached hydrogen (secondary N) is 1.